The number of benzene rings is 1. The number of hydrogen-bond donors (Lipinski definition) is 1. The molecule has 1 N–H and O–H groups in total. The molecule has 0 aromatic heterocycles. The van der Waals surface area contributed by atoms with Gasteiger partial charge in [0.1, 0.15) is 4.90 Å². The van der Waals surface area contributed by atoms with E-state index in [1.165, 1.54) is 18.2 Å². The molecule has 0 heterocycles. The van der Waals surface area contributed by atoms with Crippen LogP contribution >= 0.6 is 0 Å². The zero-order valence-electron chi connectivity index (χ0n) is 10.3. The number of hydrogen-bond acceptors (Lipinski definition) is 3. The number of para-hydroxylation sites is 1. The second kappa shape index (κ2) is 5.95. The molecular weight excluding hydrogens is 257 g/mol. The second-order valence-electron chi connectivity index (χ2n) is 4.41. The number of anilines is 1. The zero-order chi connectivity index (χ0) is 13.8. The Morgan fingerprint density at radius 1 is 1.33 bits per heavy atom. The van der Waals surface area contributed by atoms with Crippen LogP contribution in [0.1, 0.15) is 26.7 Å². The smallest absolute Gasteiger partial charge is 0.325 e. The second-order valence-corrected chi connectivity index (χ2v) is 5.73. The summed E-state index contributed by atoms with van der Waals surface area (Å²) in [7, 11) is -4.83. The lowest BCUT2D eigenvalue weighted by molar-refractivity contribution is -0.116. The van der Waals surface area contributed by atoms with Gasteiger partial charge in [-0.05, 0) is 24.5 Å². The van der Waals surface area contributed by atoms with Gasteiger partial charge in [0.05, 0.1) is 5.69 Å². The molecule has 6 heteroatoms. The maximum atomic E-state index is 13.0. The average Bonchev–Trinajstić information content (AvgIpc) is 2.25. The van der Waals surface area contributed by atoms with Crippen molar-refractivity contribution < 1.29 is 17.1 Å². The first-order chi connectivity index (χ1) is 8.30. The molecule has 100 valence electrons. The van der Waals surface area contributed by atoms with Crippen molar-refractivity contribution in [1.29, 1.82) is 0 Å². The molecule has 0 saturated heterocycles. The van der Waals surface area contributed by atoms with Crippen molar-refractivity contribution in [3.63, 3.8) is 0 Å². The summed E-state index contributed by atoms with van der Waals surface area (Å²) in [5.74, 6) is 0.0516. The molecule has 0 spiro atoms. The molecule has 0 aliphatic heterocycles. The van der Waals surface area contributed by atoms with E-state index >= 15 is 0 Å². The van der Waals surface area contributed by atoms with Gasteiger partial charge < -0.3 is 5.32 Å². The van der Waals surface area contributed by atoms with Crippen molar-refractivity contribution in [1.82, 2.24) is 0 Å². The number of rotatable bonds is 5. The molecule has 1 aromatic rings. The Balaban J connectivity index is 2.82. The largest absolute Gasteiger partial charge is 0.334 e. The molecule has 0 aliphatic rings. The van der Waals surface area contributed by atoms with Crippen molar-refractivity contribution in [3.05, 3.63) is 24.3 Å². The minimum atomic E-state index is -4.83. The van der Waals surface area contributed by atoms with Crippen LogP contribution in [0, 0.1) is 5.92 Å². The van der Waals surface area contributed by atoms with Crippen molar-refractivity contribution in [2.75, 3.05) is 5.32 Å². The van der Waals surface area contributed by atoms with Gasteiger partial charge in [-0.3, -0.25) is 4.79 Å². The SMILES string of the molecule is CC(C)CCC(=O)Nc1ccccc1S(=O)(=O)F. The van der Waals surface area contributed by atoms with E-state index in [0.717, 1.165) is 6.07 Å². The third-order valence-electron chi connectivity index (χ3n) is 2.37. The van der Waals surface area contributed by atoms with Gasteiger partial charge in [0.2, 0.25) is 5.91 Å². The van der Waals surface area contributed by atoms with Gasteiger partial charge in [-0.1, -0.05) is 26.0 Å². The zero-order valence-corrected chi connectivity index (χ0v) is 11.1. The van der Waals surface area contributed by atoms with Gasteiger partial charge in [-0.25, -0.2) is 0 Å². The minimum absolute atomic E-state index is 0.0197. The van der Waals surface area contributed by atoms with Crippen LogP contribution in [0.2, 0.25) is 0 Å². The number of amides is 1. The van der Waals surface area contributed by atoms with Crippen molar-refractivity contribution in [2.24, 2.45) is 5.92 Å². The average molecular weight is 273 g/mol. The van der Waals surface area contributed by atoms with E-state index in [9.17, 15) is 17.1 Å². The maximum absolute atomic E-state index is 13.0. The lowest BCUT2D eigenvalue weighted by atomic mass is 10.1. The highest BCUT2D eigenvalue weighted by molar-refractivity contribution is 7.86. The minimum Gasteiger partial charge on any atom is -0.325 e. The predicted molar refractivity (Wildman–Crippen MR) is 67.4 cm³/mol. The van der Waals surface area contributed by atoms with E-state index in [1.54, 1.807) is 0 Å². The fraction of sp³-hybridized carbons (Fsp3) is 0.417. The standard InChI is InChI=1S/C12H16FNO3S/c1-9(2)7-8-12(15)14-10-5-3-4-6-11(10)18(13,16)17/h3-6,9H,7-8H2,1-2H3,(H,14,15). The Labute approximate surface area is 106 Å². The van der Waals surface area contributed by atoms with Crippen LogP contribution in [0.15, 0.2) is 29.2 Å². The number of carbonyl (C=O) groups is 1. The highest BCUT2D eigenvalue weighted by Gasteiger charge is 2.17. The lowest BCUT2D eigenvalue weighted by Gasteiger charge is -2.09. The molecular formula is C12H16FNO3S. The van der Waals surface area contributed by atoms with Crippen molar-refractivity contribution in [3.8, 4) is 0 Å². The summed E-state index contributed by atoms with van der Waals surface area (Å²) >= 11 is 0. The molecule has 1 rings (SSSR count). The first-order valence-corrected chi connectivity index (χ1v) is 7.02. The molecule has 1 amide bonds. The molecule has 0 atom stereocenters. The summed E-state index contributed by atoms with van der Waals surface area (Å²) in [5, 5.41) is 2.41. The summed E-state index contributed by atoms with van der Waals surface area (Å²) in [6.07, 6.45) is 0.967. The monoisotopic (exact) mass is 273 g/mol. The van der Waals surface area contributed by atoms with Crippen LogP contribution in [0.25, 0.3) is 0 Å². The van der Waals surface area contributed by atoms with Gasteiger partial charge in [0, 0.05) is 6.42 Å². The third-order valence-corrected chi connectivity index (χ3v) is 3.25. The van der Waals surface area contributed by atoms with E-state index in [4.69, 9.17) is 0 Å². The first-order valence-electron chi connectivity index (χ1n) is 5.64. The fourth-order valence-corrected chi connectivity index (χ4v) is 2.04. The van der Waals surface area contributed by atoms with Crippen LogP contribution in [-0.4, -0.2) is 14.3 Å². The van der Waals surface area contributed by atoms with E-state index in [0.29, 0.717) is 12.3 Å². The number of carbonyl (C=O) groups excluding carboxylic acids is 1. The molecule has 0 radical (unpaired) electrons. The van der Waals surface area contributed by atoms with Crippen molar-refractivity contribution >= 4 is 21.8 Å². The first kappa shape index (κ1) is 14.6. The molecule has 0 unspecified atom stereocenters. The highest BCUT2D eigenvalue weighted by Crippen LogP contribution is 2.22. The summed E-state index contributed by atoms with van der Waals surface area (Å²) in [5.41, 5.74) is -0.0197. The molecule has 0 aliphatic carbocycles. The summed E-state index contributed by atoms with van der Waals surface area (Å²) in [6.45, 7) is 3.96. The molecule has 0 bridgehead atoms. The molecule has 18 heavy (non-hydrogen) atoms. The van der Waals surface area contributed by atoms with Gasteiger partial charge in [0.25, 0.3) is 0 Å². The third kappa shape index (κ3) is 4.44. The van der Waals surface area contributed by atoms with E-state index < -0.39 is 15.1 Å². The number of nitrogens with one attached hydrogen (secondary N) is 1. The normalized spacial score (nSPS) is 11.6. The Morgan fingerprint density at radius 2 is 1.94 bits per heavy atom. The fourth-order valence-electron chi connectivity index (χ4n) is 1.41. The number of halogens is 1. The van der Waals surface area contributed by atoms with Gasteiger partial charge in [-0.2, -0.15) is 8.42 Å². The van der Waals surface area contributed by atoms with E-state index in [-0.39, 0.29) is 18.0 Å². The summed E-state index contributed by atoms with van der Waals surface area (Å²) in [6, 6.07) is 5.41. The van der Waals surface area contributed by atoms with Crippen LogP contribution < -0.4 is 5.32 Å². The predicted octanol–water partition coefficient (Wildman–Crippen LogP) is 2.72. The van der Waals surface area contributed by atoms with Crippen LogP contribution in [0.5, 0.6) is 0 Å². The quantitative estimate of drug-likeness (QED) is 0.839. The van der Waals surface area contributed by atoms with Gasteiger partial charge in [0.15, 0.2) is 0 Å². The van der Waals surface area contributed by atoms with E-state index in [1.807, 2.05) is 13.8 Å². The topological polar surface area (TPSA) is 63.2 Å². The Kier molecular flexibility index (Phi) is 4.84. The molecule has 0 saturated carbocycles. The summed E-state index contributed by atoms with van der Waals surface area (Å²) < 4.78 is 34.7. The van der Waals surface area contributed by atoms with Crippen molar-refractivity contribution in [2.45, 2.75) is 31.6 Å². The van der Waals surface area contributed by atoms with E-state index in [2.05, 4.69) is 5.32 Å². The Hall–Kier alpha value is -1.43. The highest BCUT2D eigenvalue weighted by atomic mass is 32.3. The van der Waals surface area contributed by atoms with Crippen LogP contribution in [-0.2, 0) is 15.0 Å². The molecule has 0 fully saturated rings. The van der Waals surface area contributed by atoms with Crippen LogP contribution in [0.3, 0.4) is 0 Å². The molecule has 1 aromatic carbocycles. The van der Waals surface area contributed by atoms with Gasteiger partial charge in [-0.15, -0.1) is 3.89 Å². The maximum Gasteiger partial charge on any atom is 0.334 e. The molecule has 4 nitrogen and oxygen atoms in total. The Morgan fingerprint density at radius 3 is 2.50 bits per heavy atom. The summed E-state index contributed by atoms with van der Waals surface area (Å²) in [4.78, 5) is 11.1. The van der Waals surface area contributed by atoms with Crippen LogP contribution in [0.4, 0.5) is 9.57 Å². The Bertz CT molecular complexity index is 526. The lowest BCUT2D eigenvalue weighted by Crippen LogP contribution is -2.14. The van der Waals surface area contributed by atoms with Gasteiger partial charge >= 0.3 is 10.2 Å².